The molecule has 2 saturated heterocycles. The van der Waals surface area contributed by atoms with E-state index >= 15 is 0 Å². The Kier molecular flexibility index (Phi) is 5.78. The smallest absolute Gasteiger partial charge is 0.245 e. The summed E-state index contributed by atoms with van der Waals surface area (Å²) in [6.07, 6.45) is 0.0374. The van der Waals surface area contributed by atoms with Crippen LogP contribution < -0.4 is 20.9 Å². The van der Waals surface area contributed by atoms with Gasteiger partial charge in [-0.3, -0.25) is 24.6 Å². The predicted molar refractivity (Wildman–Crippen MR) is 137 cm³/mol. The Balaban J connectivity index is 1.24. The van der Waals surface area contributed by atoms with Gasteiger partial charge in [0.1, 0.15) is 23.9 Å². The second kappa shape index (κ2) is 9.14. The van der Waals surface area contributed by atoms with Crippen LogP contribution >= 0.6 is 0 Å². The van der Waals surface area contributed by atoms with Gasteiger partial charge in [-0.1, -0.05) is 78.9 Å². The molecule has 0 saturated carbocycles. The fourth-order valence-electron chi connectivity index (χ4n) is 5.78. The average Bonchev–Trinajstić information content (AvgIpc) is 3.36. The van der Waals surface area contributed by atoms with Gasteiger partial charge in [-0.2, -0.15) is 0 Å². The number of amides is 3. The molecule has 0 bridgehead atoms. The lowest BCUT2D eigenvalue weighted by molar-refractivity contribution is -0.139. The number of fused-ring (bicyclic) bond motifs is 3. The Labute approximate surface area is 214 Å². The number of anilines is 1. The summed E-state index contributed by atoms with van der Waals surface area (Å²) in [5, 5.41) is 21.1. The zero-order valence-electron chi connectivity index (χ0n) is 20.1. The van der Waals surface area contributed by atoms with Crippen molar-refractivity contribution in [3.8, 4) is 0 Å². The maximum atomic E-state index is 13.5. The van der Waals surface area contributed by atoms with Gasteiger partial charge in [0, 0.05) is 18.4 Å². The van der Waals surface area contributed by atoms with Crippen LogP contribution in [0.15, 0.2) is 84.9 Å². The third-order valence-electron chi connectivity index (χ3n) is 7.58. The van der Waals surface area contributed by atoms with Crippen molar-refractivity contribution in [2.75, 3.05) is 4.90 Å². The minimum Gasteiger partial charge on any atom is -0.381 e. The Hall–Kier alpha value is -4.01. The number of carbonyl (C=O) groups is 3. The second-order valence-electron chi connectivity index (χ2n) is 9.98. The minimum absolute atomic E-state index is 0.0703. The monoisotopic (exact) mass is 496 g/mol. The van der Waals surface area contributed by atoms with Gasteiger partial charge in [0.2, 0.25) is 17.7 Å². The molecule has 6 rings (SSSR count). The fourth-order valence-corrected chi connectivity index (χ4v) is 5.78. The summed E-state index contributed by atoms with van der Waals surface area (Å²) in [7, 11) is 0. The van der Waals surface area contributed by atoms with E-state index in [9.17, 15) is 19.5 Å². The number of carbonyl (C=O) groups excluding carboxylic acids is 3. The van der Waals surface area contributed by atoms with Crippen LogP contribution in [0, 0.1) is 0 Å². The average molecular weight is 497 g/mol. The maximum Gasteiger partial charge on any atom is 0.245 e. The number of hydrogen-bond donors (Lipinski definition) is 4. The van der Waals surface area contributed by atoms with E-state index in [1.54, 1.807) is 23.1 Å². The first-order valence-electron chi connectivity index (χ1n) is 12.5. The zero-order chi connectivity index (χ0) is 25.6. The van der Waals surface area contributed by atoms with E-state index in [1.807, 2.05) is 66.7 Å². The normalized spacial score (nSPS) is 28.5. The molecule has 0 unspecified atom stereocenters. The number of nitrogens with zero attached hydrogens (tertiary/aromatic N) is 1. The Morgan fingerprint density at radius 3 is 1.92 bits per heavy atom. The first kappa shape index (κ1) is 23.4. The summed E-state index contributed by atoms with van der Waals surface area (Å²) in [5.41, 5.74) is 1.56. The number of benzene rings is 3. The Morgan fingerprint density at radius 1 is 0.703 bits per heavy atom. The molecule has 0 aromatic heterocycles. The molecule has 37 heavy (non-hydrogen) atoms. The predicted octanol–water partition coefficient (Wildman–Crippen LogP) is 1.38. The van der Waals surface area contributed by atoms with Crippen LogP contribution in [0.5, 0.6) is 0 Å². The second-order valence-corrected chi connectivity index (χ2v) is 9.98. The van der Waals surface area contributed by atoms with Crippen molar-refractivity contribution in [1.82, 2.24) is 16.0 Å². The van der Waals surface area contributed by atoms with Gasteiger partial charge in [-0.05, 0) is 23.6 Å². The quantitative estimate of drug-likeness (QED) is 0.412. The molecular formula is C29H28N4O4. The van der Waals surface area contributed by atoms with Crippen LogP contribution in [-0.4, -0.2) is 47.1 Å². The van der Waals surface area contributed by atoms with E-state index in [1.165, 1.54) is 0 Å². The molecule has 3 heterocycles. The van der Waals surface area contributed by atoms with Crippen LogP contribution in [0.4, 0.5) is 5.69 Å². The number of aliphatic hydroxyl groups is 1. The molecule has 4 N–H and O–H groups in total. The van der Waals surface area contributed by atoms with Crippen molar-refractivity contribution in [2.24, 2.45) is 0 Å². The fraction of sp³-hybridized carbons (Fsp3) is 0.276. The van der Waals surface area contributed by atoms with Crippen LogP contribution in [0.25, 0.3) is 0 Å². The van der Waals surface area contributed by atoms with Crippen LogP contribution in [0.1, 0.15) is 23.1 Å². The number of nitrogens with one attached hydrogen (secondary N) is 3. The molecule has 3 aliphatic rings. The Morgan fingerprint density at radius 2 is 1.24 bits per heavy atom. The summed E-state index contributed by atoms with van der Waals surface area (Å²) < 4.78 is 0. The van der Waals surface area contributed by atoms with E-state index in [0.29, 0.717) is 24.1 Å². The lowest BCUT2D eigenvalue weighted by Gasteiger charge is -2.36. The molecule has 8 heteroatoms. The van der Waals surface area contributed by atoms with Crippen LogP contribution in [-0.2, 0) is 32.8 Å². The summed E-state index contributed by atoms with van der Waals surface area (Å²) in [6.45, 7) is 0. The van der Waals surface area contributed by atoms with E-state index in [-0.39, 0.29) is 24.1 Å². The molecule has 0 radical (unpaired) electrons. The number of rotatable bonds is 6. The van der Waals surface area contributed by atoms with Crippen molar-refractivity contribution >= 4 is 23.4 Å². The highest BCUT2D eigenvalue weighted by Gasteiger charge is 2.59. The van der Waals surface area contributed by atoms with Gasteiger partial charge in [-0.25, -0.2) is 0 Å². The van der Waals surface area contributed by atoms with Crippen molar-refractivity contribution in [3.63, 3.8) is 0 Å². The van der Waals surface area contributed by atoms with Gasteiger partial charge in [0.15, 0.2) is 0 Å². The highest BCUT2D eigenvalue weighted by molar-refractivity contribution is 6.03. The van der Waals surface area contributed by atoms with E-state index in [0.717, 1.165) is 11.1 Å². The number of hydrogen-bond acceptors (Lipinski definition) is 5. The number of para-hydroxylation sites is 1. The SMILES string of the molecule is O=C1N[C@@H](C[C@]2(O)c3ccccc3N3C(=O)[C@H](Cc4ccccc4)N[C@H]32)C(=O)N[C@H]1Cc1ccccc1. The molecule has 2 fully saturated rings. The summed E-state index contributed by atoms with van der Waals surface area (Å²) >= 11 is 0. The van der Waals surface area contributed by atoms with Crippen molar-refractivity contribution in [1.29, 1.82) is 0 Å². The maximum absolute atomic E-state index is 13.5. The van der Waals surface area contributed by atoms with Crippen molar-refractivity contribution in [3.05, 3.63) is 102 Å². The van der Waals surface area contributed by atoms with Crippen molar-refractivity contribution < 1.29 is 19.5 Å². The molecule has 3 aliphatic heterocycles. The lowest BCUT2D eigenvalue weighted by atomic mass is 9.85. The third kappa shape index (κ3) is 4.08. The highest BCUT2D eigenvalue weighted by Crippen LogP contribution is 2.48. The van der Waals surface area contributed by atoms with Crippen LogP contribution in [0.3, 0.4) is 0 Å². The molecule has 3 aromatic rings. The molecular weight excluding hydrogens is 468 g/mol. The summed E-state index contributed by atoms with van der Waals surface area (Å²) in [5.74, 6) is -0.773. The lowest BCUT2D eigenvalue weighted by Crippen LogP contribution is -2.64. The van der Waals surface area contributed by atoms with Gasteiger partial charge in [-0.15, -0.1) is 0 Å². The third-order valence-corrected chi connectivity index (χ3v) is 7.58. The Bertz CT molecular complexity index is 1350. The standard InChI is InChI=1S/C29H28N4O4/c34-25-21(15-18-9-3-1-4-10-18)30-26(35)23(31-25)17-29(37)20-13-7-8-14-24(20)33-27(36)22(32-28(29)33)16-19-11-5-2-6-12-19/h1-14,21-23,28,32,37H,15-17H2,(H,30,35)(H,31,34)/t21-,22-,23-,28+,29-/m0/s1. The van der Waals surface area contributed by atoms with Gasteiger partial charge >= 0.3 is 0 Å². The topological polar surface area (TPSA) is 111 Å². The largest absolute Gasteiger partial charge is 0.381 e. The van der Waals surface area contributed by atoms with Gasteiger partial charge < -0.3 is 15.7 Å². The number of piperazine rings is 1. The van der Waals surface area contributed by atoms with Gasteiger partial charge in [0.25, 0.3) is 0 Å². The van der Waals surface area contributed by atoms with Gasteiger partial charge in [0.05, 0.1) is 11.7 Å². The van der Waals surface area contributed by atoms with Crippen molar-refractivity contribution in [2.45, 2.75) is 49.2 Å². The molecule has 5 atom stereocenters. The molecule has 3 aromatic carbocycles. The molecule has 0 spiro atoms. The van der Waals surface area contributed by atoms with E-state index < -0.39 is 29.9 Å². The molecule has 3 amide bonds. The molecule has 8 nitrogen and oxygen atoms in total. The molecule has 0 aliphatic carbocycles. The summed E-state index contributed by atoms with van der Waals surface area (Å²) in [4.78, 5) is 41.1. The highest BCUT2D eigenvalue weighted by atomic mass is 16.3. The first-order valence-corrected chi connectivity index (χ1v) is 12.5. The molecule has 188 valence electrons. The first-order chi connectivity index (χ1) is 17.9. The minimum atomic E-state index is -1.57. The van der Waals surface area contributed by atoms with E-state index in [4.69, 9.17) is 0 Å². The summed E-state index contributed by atoms with van der Waals surface area (Å²) in [6, 6.07) is 24.3. The van der Waals surface area contributed by atoms with E-state index in [2.05, 4.69) is 16.0 Å². The zero-order valence-corrected chi connectivity index (χ0v) is 20.1. The van der Waals surface area contributed by atoms with Crippen LogP contribution in [0.2, 0.25) is 0 Å².